The van der Waals surface area contributed by atoms with Gasteiger partial charge < -0.3 is 15.4 Å². The van der Waals surface area contributed by atoms with E-state index in [9.17, 15) is 4.79 Å². The Hall–Kier alpha value is -2.08. The SMILES string of the molecule is COc1c(C2CCN(C)CC2)cc(C(N)=O)c2[nH]ncc12. The van der Waals surface area contributed by atoms with Crippen LogP contribution in [0.25, 0.3) is 10.9 Å². The highest BCUT2D eigenvalue weighted by atomic mass is 16.5. The summed E-state index contributed by atoms with van der Waals surface area (Å²) in [6.45, 7) is 2.09. The lowest BCUT2D eigenvalue weighted by Crippen LogP contribution is -2.29. The van der Waals surface area contributed by atoms with Gasteiger partial charge in [0.25, 0.3) is 5.91 Å². The predicted octanol–water partition coefficient (Wildman–Crippen LogP) is 1.48. The van der Waals surface area contributed by atoms with Gasteiger partial charge in [-0.2, -0.15) is 5.10 Å². The standard InChI is InChI=1S/C15H20N4O2/c1-19-5-3-9(4-6-19)10-7-11(15(16)20)13-12(8-17-18-13)14(10)21-2/h7-9H,3-6H2,1-2H3,(H2,16,20)(H,17,18). The Balaban J connectivity index is 2.14. The van der Waals surface area contributed by atoms with E-state index in [-0.39, 0.29) is 0 Å². The summed E-state index contributed by atoms with van der Waals surface area (Å²) in [5.41, 5.74) is 7.71. The number of carbonyl (C=O) groups excluding carboxylic acids is 1. The molecule has 0 atom stereocenters. The van der Waals surface area contributed by atoms with E-state index in [0.29, 0.717) is 17.0 Å². The number of likely N-dealkylation sites (tertiary alicyclic amines) is 1. The molecule has 0 aliphatic carbocycles. The van der Waals surface area contributed by atoms with Crippen LogP contribution in [-0.4, -0.2) is 48.3 Å². The molecule has 1 fully saturated rings. The van der Waals surface area contributed by atoms with Crippen LogP contribution in [0.3, 0.4) is 0 Å². The molecule has 6 heteroatoms. The average Bonchev–Trinajstić information content (AvgIpc) is 2.95. The van der Waals surface area contributed by atoms with E-state index in [1.165, 1.54) is 0 Å². The van der Waals surface area contributed by atoms with Gasteiger partial charge in [-0.25, -0.2) is 0 Å². The van der Waals surface area contributed by atoms with Crippen LogP contribution in [0.4, 0.5) is 0 Å². The maximum Gasteiger partial charge on any atom is 0.250 e. The molecule has 1 aliphatic rings. The number of ether oxygens (including phenoxy) is 1. The number of primary amides is 1. The first-order valence-corrected chi connectivity index (χ1v) is 7.14. The van der Waals surface area contributed by atoms with Gasteiger partial charge in [0.2, 0.25) is 0 Å². The van der Waals surface area contributed by atoms with Gasteiger partial charge in [0, 0.05) is 0 Å². The van der Waals surface area contributed by atoms with Gasteiger partial charge in [-0.1, -0.05) is 0 Å². The molecule has 0 saturated carbocycles. The van der Waals surface area contributed by atoms with Crippen LogP contribution in [0.15, 0.2) is 12.3 Å². The van der Waals surface area contributed by atoms with Crippen molar-refractivity contribution in [1.82, 2.24) is 15.1 Å². The van der Waals surface area contributed by atoms with Crippen LogP contribution in [0, 0.1) is 0 Å². The normalized spacial score (nSPS) is 17.2. The summed E-state index contributed by atoms with van der Waals surface area (Å²) in [7, 11) is 3.78. The summed E-state index contributed by atoms with van der Waals surface area (Å²) in [6, 6.07) is 1.87. The van der Waals surface area contributed by atoms with Crippen molar-refractivity contribution in [2.75, 3.05) is 27.2 Å². The minimum atomic E-state index is -0.443. The zero-order chi connectivity index (χ0) is 15.0. The molecule has 21 heavy (non-hydrogen) atoms. The Bertz CT molecular complexity index is 672. The number of nitrogens with zero attached hydrogens (tertiary/aromatic N) is 2. The van der Waals surface area contributed by atoms with Crippen molar-refractivity contribution in [2.45, 2.75) is 18.8 Å². The Morgan fingerprint density at radius 3 is 2.81 bits per heavy atom. The molecule has 0 unspecified atom stereocenters. The van der Waals surface area contributed by atoms with Gasteiger partial charge in [-0.15, -0.1) is 0 Å². The van der Waals surface area contributed by atoms with Gasteiger partial charge in [0.1, 0.15) is 5.75 Å². The fourth-order valence-corrected chi connectivity index (χ4v) is 3.16. The number of aromatic amines is 1. The van der Waals surface area contributed by atoms with E-state index in [1.807, 2.05) is 6.07 Å². The molecule has 1 saturated heterocycles. The maximum atomic E-state index is 11.7. The quantitative estimate of drug-likeness (QED) is 0.896. The minimum Gasteiger partial charge on any atom is -0.496 e. The number of fused-ring (bicyclic) bond motifs is 1. The summed E-state index contributed by atoms with van der Waals surface area (Å²) < 4.78 is 5.61. The second-order valence-corrected chi connectivity index (χ2v) is 5.65. The molecular weight excluding hydrogens is 268 g/mol. The number of nitrogens with one attached hydrogen (secondary N) is 1. The van der Waals surface area contributed by atoms with Crippen LogP contribution in [0.1, 0.15) is 34.7 Å². The minimum absolute atomic E-state index is 0.383. The molecular formula is C15H20N4O2. The van der Waals surface area contributed by atoms with Gasteiger partial charge in [-0.3, -0.25) is 9.89 Å². The second kappa shape index (κ2) is 5.37. The number of amides is 1. The lowest BCUT2D eigenvalue weighted by atomic mass is 9.87. The van der Waals surface area contributed by atoms with Crippen LogP contribution >= 0.6 is 0 Å². The smallest absolute Gasteiger partial charge is 0.250 e. The number of methoxy groups -OCH3 is 1. The van der Waals surface area contributed by atoms with E-state index < -0.39 is 5.91 Å². The summed E-state index contributed by atoms with van der Waals surface area (Å²) in [4.78, 5) is 14.0. The summed E-state index contributed by atoms with van der Waals surface area (Å²) in [5, 5.41) is 7.69. The number of benzene rings is 1. The molecule has 112 valence electrons. The fourth-order valence-electron chi connectivity index (χ4n) is 3.16. The first-order chi connectivity index (χ1) is 10.1. The maximum absolute atomic E-state index is 11.7. The average molecular weight is 288 g/mol. The highest BCUT2D eigenvalue weighted by molar-refractivity contribution is 6.06. The number of rotatable bonds is 3. The number of nitrogens with two attached hydrogens (primary N) is 1. The molecule has 3 N–H and O–H groups in total. The molecule has 1 amide bonds. The number of hydrogen-bond donors (Lipinski definition) is 2. The fraction of sp³-hybridized carbons (Fsp3) is 0.467. The predicted molar refractivity (Wildman–Crippen MR) is 80.6 cm³/mol. The number of H-pyrrole nitrogens is 1. The molecule has 0 spiro atoms. The van der Waals surface area contributed by atoms with Crippen molar-refractivity contribution in [3.05, 3.63) is 23.4 Å². The topological polar surface area (TPSA) is 84.2 Å². The largest absolute Gasteiger partial charge is 0.496 e. The third-order valence-corrected chi connectivity index (χ3v) is 4.34. The molecule has 3 rings (SSSR count). The van der Waals surface area contributed by atoms with Crippen molar-refractivity contribution >= 4 is 16.8 Å². The lowest BCUT2D eigenvalue weighted by molar-refractivity contribution is 0.100. The third kappa shape index (κ3) is 2.35. The monoisotopic (exact) mass is 288 g/mol. The molecule has 2 aromatic rings. The van der Waals surface area contributed by atoms with Crippen molar-refractivity contribution < 1.29 is 9.53 Å². The van der Waals surface area contributed by atoms with Gasteiger partial charge in [0.15, 0.2) is 0 Å². The van der Waals surface area contributed by atoms with Crippen molar-refractivity contribution in [3.8, 4) is 5.75 Å². The second-order valence-electron chi connectivity index (χ2n) is 5.65. The highest BCUT2D eigenvalue weighted by Gasteiger charge is 2.25. The molecule has 0 radical (unpaired) electrons. The van der Waals surface area contributed by atoms with E-state index in [1.54, 1.807) is 13.3 Å². The van der Waals surface area contributed by atoms with Gasteiger partial charge in [0.05, 0.1) is 29.8 Å². The highest BCUT2D eigenvalue weighted by Crippen LogP contribution is 2.39. The van der Waals surface area contributed by atoms with E-state index in [4.69, 9.17) is 10.5 Å². The Morgan fingerprint density at radius 1 is 1.48 bits per heavy atom. The molecule has 1 aliphatic heterocycles. The zero-order valence-electron chi connectivity index (χ0n) is 12.3. The Kier molecular flexibility index (Phi) is 3.55. The number of carbonyl (C=O) groups is 1. The van der Waals surface area contributed by atoms with Crippen LogP contribution < -0.4 is 10.5 Å². The van der Waals surface area contributed by atoms with Crippen molar-refractivity contribution in [2.24, 2.45) is 5.73 Å². The molecule has 2 heterocycles. The first kappa shape index (κ1) is 13.9. The zero-order valence-corrected chi connectivity index (χ0v) is 12.3. The van der Waals surface area contributed by atoms with E-state index >= 15 is 0 Å². The van der Waals surface area contributed by atoms with E-state index in [0.717, 1.165) is 42.6 Å². The van der Waals surface area contributed by atoms with E-state index in [2.05, 4.69) is 22.1 Å². The number of aromatic nitrogens is 2. The summed E-state index contributed by atoms with van der Waals surface area (Å²) in [6.07, 6.45) is 3.79. The van der Waals surface area contributed by atoms with Gasteiger partial charge in [-0.05, 0) is 50.5 Å². The summed E-state index contributed by atoms with van der Waals surface area (Å²) >= 11 is 0. The Morgan fingerprint density at radius 2 is 2.19 bits per heavy atom. The third-order valence-electron chi connectivity index (χ3n) is 4.34. The van der Waals surface area contributed by atoms with Crippen LogP contribution in [-0.2, 0) is 0 Å². The number of hydrogen-bond acceptors (Lipinski definition) is 4. The number of piperidine rings is 1. The Labute approximate surface area is 123 Å². The molecule has 1 aromatic heterocycles. The van der Waals surface area contributed by atoms with Crippen LogP contribution in [0.5, 0.6) is 5.75 Å². The first-order valence-electron chi connectivity index (χ1n) is 7.14. The van der Waals surface area contributed by atoms with Crippen molar-refractivity contribution in [1.29, 1.82) is 0 Å². The molecule has 1 aromatic carbocycles. The molecule has 6 nitrogen and oxygen atoms in total. The lowest BCUT2D eigenvalue weighted by Gasteiger charge is -2.30. The van der Waals surface area contributed by atoms with Crippen LogP contribution in [0.2, 0.25) is 0 Å². The summed E-state index contributed by atoms with van der Waals surface area (Å²) in [5.74, 6) is 0.743. The van der Waals surface area contributed by atoms with Gasteiger partial charge >= 0.3 is 0 Å². The molecule has 0 bridgehead atoms. The van der Waals surface area contributed by atoms with Crippen molar-refractivity contribution in [3.63, 3.8) is 0 Å².